The van der Waals surface area contributed by atoms with Crippen molar-refractivity contribution >= 4 is 17.2 Å². The minimum Gasteiger partial charge on any atom is -0.355 e. The summed E-state index contributed by atoms with van der Waals surface area (Å²) in [4.78, 5) is 12.5. The van der Waals surface area contributed by atoms with Gasteiger partial charge in [0, 0.05) is 12.0 Å². The van der Waals surface area contributed by atoms with Crippen molar-refractivity contribution in [3.8, 4) is 10.6 Å². The number of thiophene rings is 1. The highest BCUT2D eigenvalue weighted by Gasteiger charge is 2.29. The predicted octanol–water partition coefficient (Wildman–Crippen LogP) is 2.43. The maximum absolute atomic E-state index is 11.4. The number of hydrogen-bond donors (Lipinski definition) is 1. The molecule has 5 heteroatoms. The molecule has 1 N–H and O–H groups in total. The molecule has 0 bridgehead atoms. The van der Waals surface area contributed by atoms with Crippen molar-refractivity contribution in [1.29, 1.82) is 0 Å². The minimum atomic E-state index is 0.130. The first-order valence-electron chi connectivity index (χ1n) is 5.60. The smallest absolute Gasteiger partial charge is 0.223 e. The van der Waals surface area contributed by atoms with Gasteiger partial charge in [0.2, 0.25) is 5.91 Å². The van der Waals surface area contributed by atoms with E-state index in [1.165, 1.54) is 0 Å². The van der Waals surface area contributed by atoms with Crippen molar-refractivity contribution < 1.29 is 9.32 Å². The summed E-state index contributed by atoms with van der Waals surface area (Å²) in [7, 11) is 0. The van der Waals surface area contributed by atoms with E-state index in [0.29, 0.717) is 6.54 Å². The SMILES string of the molecule is O=C(NCc1cc(-c2cccs2)on1)C1CC1. The molecule has 2 aromatic rings. The number of amides is 1. The Morgan fingerprint density at radius 2 is 2.47 bits per heavy atom. The van der Waals surface area contributed by atoms with E-state index in [1.54, 1.807) is 11.3 Å². The third-order valence-electron chi connectivity index (χ3n) is 2.71. The highest BCUT2D eigenvalue weighted by Crippen LogP contribution is 2.29. The second-order valence-corrected chi connectivity index (χ2v) is 5.10. The fraction of sp³-hybridized carbons (Fsp3) is 0.333. The van der Waals surface area contributed by atoms with E-state index in [9.17, 15) is 4.79 Å². The molecule has 0 radical (unpaired) electrons. The Hall–Kier alpha value is -1.62. The first kappa shape index (κ1) is 10.5. The topological polar surface area (TPSA) is 55.1 Å². The molecule has 0 unspecified atom stereocenters. The third kappa shape index (κ3) is 2.39. The van der Waals surface area contributed by atoms with Gasteiger partial charge in [0.1, 0.15) is 5.69 Å². The molecule has 1 amide bonds. The number of nitrogens with one attached hydrogen (secondary N) is 1. The Morgan fingerprint density at radius 3 is 3.18 bits per heavy atom. The van der Waals surface area contributed by atoms with Gasteiger partial charge in [-0.3, -0.25) is 4.79 Å². The van der Waals surface area contributed by atoms with Crippen LogP contribution in [0.2, 0.25) is 0 Å². The standard InChI is InChI=1S/C12H12N2O2S/c15-12(8-3-4-8)13-7-9-6-10(16-14-9)11-2-1-5-17-11/h1-2,5-6,8H,3-4,7H2,(H,13,15). The number of rotatable bonds is 4. The molecule has 1 aliphatic carbocycles. The van der Waals surface area contributed by atoms with Gasteiger partial charge in [-0.2, -0.15) is 0 Å². The summed E-state index contributed by atoms with van der Waals surface area (Å²) in [6, 6.07) is 5.83. The first-order chi connectivity index (χ1) is 8.33. The predicted molar refractivity (Wildman–Crippen MR) is 64.4 cm³/mol. The molecule has 0 spiro atoms. The van der Waals surface area contributed by atoms with Crippen LogP contribution in [0.25, 0.3) is 10.6 Å². The van der Waals surface area contributed by atoms with Crippen LogP contribution in [0.15, 0.2) is 28.1 Å². The number of nitrogens with zero attached hydrogens (tertiary/aromatic N) is 1. The lowest BCUT2D eigenvalue weighted by Crippen LogP contribution is -2.24. The Balaban J connectivity index is 1.62. The van der Waals surface area contributed by atoms with Gasteiger partial charge in [0.15, 0.2) is 5.76 Å². The Labute approximate surface area is 103 Å². The lowest BCUT2D eigenvalue weighted by atomic mass is 10.3. The van der Waals surface area contributed by atoms with Gasteiger partial charge in [-0.15, -0.1) is 11.3 Å². The van der Waals surface area contributed by atoms with E-state index in [4.69, 9.17) is 4.52 Å². The van der Waals surface area contributed by atoms with E-state index < -0.39 is 0 Å². The molecule has 0 aromatic carbocycles. The fourth-order valence-corrected chi connectivity index (χ4v) is 2.27. The zero-order chi connectivity index (χ0) is 11.7. The Kier molecular flexibility index (Phi) is 2.68. The van der Waals surface area contributed by atoms with Crippen molar-refractivity contribution in [3.05, 3.63) is 29.3 Å². The van der Waals surface area contributed by atoms with Crippen molar-refractivity contribution in [2.24, 2.45) is 5.92 Å². The number of carbonyl (C=O) groups is 1. The largest absolute Gasteiger partial charge is 0.355 e. The monoisotopic (exact) mass is 248 g/mol. The van der Waals surface area contributed by atoms with Crippen molar-refractivity contribution in [3.63, 3.8) is 0 Å². The van der Waals surface area contributed by atoms with Crippen LogP contribution in [-0.2, 0) is 11.3 Å². The van der Waals surface area contributed by atoms with E-state index in [1.807, 2.05) is 23.6 Å². The van der Waals surface area contributed by atoms with Gasteiger partial charge in [-0.1, -0.05) is 11.2 Å². The van der Waals surface area contributed by atoms with Crippen LogP contribution in [-0.4, -0.2) is 11.1 Å². The molecule has 1 fully saturated rings. The summed E-state index contributed by atoms with van der Waals surface area (Å²) in [6.07, 6.45) is 2.04. The summed E-state index contributed by atoms with van der Waals surface area (Å²) in [6.45, 7) is 0.449. The van der Waals surface area contributed by atoms with Gasteiger partial charge in [-0.05, 0) is 24.3 Å². The average Bonchev–Trinajstić information content (AvgIpc) is 2.87. The molecular weight excluding hydrogens is 236 g/mol. The fourth-order valence-electron chi connectivity index (χ4n) is 1.60. The van der Waals surface area contributed by atoms with Crippen LogP contribution in [0, 0.1) is 5.92 Å². The molecule has 2 heterocycles. The molecule has 0 atom stereocenters. The molecule has 17 heavy (non-hydrogen) atoms. The van der Waals surface area contributed by atoms with E-state index in [0.717, 1.165) is 29.2 Å². The summed E-state index contributed by atoms with van der Waals surface area (Å²) in [5.41, 5.74) is 0.766. The zero-order valence-electron chi connectivity index (χ0n) is 9.18. The summed E-state index contributed by atoms with van der Waals surface area (Å²) >= 11 is 1.61. The highest BCUT2D eigenvalue weighted by atomic mass is 32.1. The van der Waals surface area contributed by atoms with Crippen molar-refractivity contribution in [2.45, 2.75) is 19.4 Å². The van der Waals surface area contributed by atoms with Gasteiger partial charge in [0.05, 0.1) is 11.4 Å². The van der Waals surface area contributed by atoms with Gasteiger partial charge in [0.25, 0.3) is 0 Å². The van der Waals surface area contributed by atoms with E-state index in [2.05, 4.69) is 10.5 Å². The maximum atomic E-state index is 11.4. The normalized spacial score (nSPS) is 14.8. The van der Waals surface area contributed by atoms with Crippen molar-refractivity contribution in [2.75, 3.05) is 0 Å². The second kappa shape index (κ2) is 4.33. The highest BCUT2D eigenvalue weighted by molar-refractivity contribution is 7.13. The van der Waals surface area contributed by atoms with Crippen LogP contribution in [0.5, 0.6) is 0 Å². The van der Waals surface area contributed by atoms with Crippen LogP contribution in [0.1, 0.15) is 18.5 Å². The molecule has 0 aliphatic heterocycles. The number of aromatic nitrogens is 1. The second-order valence-electron chi connectivity index (χ2n) is 4.15. The van der Waals surface area contributed by atoms with Gasteiger partial charge in [-0.25, -0.2) is 0 Å². The molecule has 3 rings (SSSR count). The molecule has 4 nitrogen and oxygen atoms in total. The first-order valence-corrected chi connectivity index (χ1v) is 6.48. The van der Waals surface area contributed by atoms with Crippen LogP contribution >= 0.6 is 11.3 Å². The van der Waals surface area contributed by atoms with Gasteiger partial charge >= 0.3 is 0 Å². The molecular formula is C12H12N2O2S. The van der Waals surface area contributed by atoms with E-state index in [-0.39, 0.29) is 11.8 Å². The van der Waals surface area contributed by atoms with Gasteiger partial charge < -0.3 is 9.84 Å². The molecule has 0 saturated heterocycles. The molecule has 1 saturated carbocycles. The quantitative estimate of drug-likeness (QED) is 0.904. The zero-order valence-corrected chi connectivity index (χ0v) is 10.00. The molecule has 88 valence electrons. The average molecular weight is 248 g/mol. The minimum absolute atomic E-state index is 0.130. The summed E-state index contributed by atoms with van der Waals surface area (Å²) in [5.74, 6) is 1.13. The van der Waals surface area contributed by atoms with Crippen molar-refractivity contribution in [1.82, 2.24) is 10.5 Å². The molecule has 2 aromatic heterocycles. The Morgan fingerprint density at radius 1 is 1.59 bits per heavy atom. The maximum Gasteiger partial charge on any atom is 0.223 e. The third-order valence-corrected chi connectivity index (χ3v) is 3.60. The van der Waals surface area contributed by atoms with Crippen LogP contribution < -0.4 is 5.32 Å². The number of hydrogen-bond acceptors (Lipinski definition) is 4. The van der Waals surface area contributed by atoms with E-state index >= 15 is 0 Å². The Bertz CT molecular complexity index is 514. The lowest BCUT2D eigenvalue weighted by Gasteiger charge is -1.99. The summed E-state index contributed by atoms with van der Waals surface area (Å²) < 4.78 is 5.23. The molecule has 1 aliphatic rings. The number of carbonyl (C=O) groups excluding carboxylic acids is 1. The summed E-state index contributed by atoms with van der Waals surface area (Å²) in [5, 5.41) is 8.79. The van der Waals surface area contributed by atoms with Crippen LogP contribution in [0.4, 0.5) is 0 Å². The van der Waals surface area contributed by atoms with Crippen LogP contribution in [0.3, 0.4) is 0 Å². The lowest BCUT2D eigenvalue weighted by molar-refractivity contribution is -0.122.